The predicted molar refractivity (Wildman–Crippen MR) is 169 cm³/mol. The maximum Gasteiger partial charge on any atom is 0.312 e. The molecule has 11 rings (SSSR count). The second-order valence-corrected chi connectivity index (χ2v) is 13.6. The van der Waals surface area contributed by atoms with Crippen LogP contribution in [-0.4, -0.2) is 39.6 Å². The number of ether oxygens (including phenoxy) is 7. The Morgan fingerprint density at radius 3 is 1.62 bits per heavy atom. The molecule has 0 saturated carbocycles. The molecule has 6 aliphatic rings. The lowest BCUT2D eigenvalue weighted by Crippen LogP contribution is -2.57. The lowest BCUT2D eigenvalue weighted by Gasteiger charge is -2.50. The molecule has 6 fully saturated rings. The third-order valence-electron chi connectivity index (χ3n) is 9.39. The molecule has 7 nitrogen and oxygen atoms in total. The molecule has 0 aliphatic carbocycles. The molecule has 0 amide bonds. The average molecular weight is 603 g/mol. The first-order valence-corrected chi connectivity index (χ1v) is 15.5. The van der Waals surface area contributed by atoms with Crippen LogP contribution in [0.5, 0.6) is 11.5 Å². The number of hydrogen-bond acceptors (Lipinski definition) is 7. The molecular formula is C38H34O7. The molecule has 0 N–H and O–H groups in total. The van der Waals surface area contributed by atoms with E-state index in [-0.39, 0.29) is 10.8 Å². The fraction of sp³-hybridized carbons (Fsp3) is 0.316. The maximum atomic E-state index is 6.44. The first kappa shape index (κ1) is 27.5. The molecule has 45 heavy (non-hydrogen) atoms. The second kappa shape index (κ2) is 9.84. The van der Waals surface area contributed by atoms with Gasteiger partial charge in [-0.05, 0) is 87.3 Å². The van der Waals surface area contributed by atoms with E-state index < -0.39 is 11.9 Å². The second-order valence-electron chi connectivity index (χ2n) is 13.6. The summed E-state index contributed by atoms with van der Waals surface area (Å²) in [6.07, 6.45) is 0. The van der Waals surface area contributed by atoms with Gasteiger partial charge in [-0.2, -0.15) is 0 Å². The Hall–Kier alpha value is -3.82. The van der Waals surface area contributed by atoms with Crippen LogP contribution in [0, 0.1) is 10.8 Å². The first-order valence-electron chi connectivity index (χ1n) is 15.5. The van der Waals surface area contributed by atoms with Gasteiger partial charge in [0.1, 0.15) is 11.5 Å². The summed E-state index contributed by atoms with van der Waals surface area (Å²) in [4.78, 5) is 0. The average Bonchev–Trinajstić information content (AvgIpc) is 3.08. The van der Waals surface area contributed by atoms with Crippen LogP contribution in [0.3, 0.4) is 0 Å². The molecule has 228 valence electrons. The smallest absolute Gasteiger partial charge is 0.312 e. The SMILES string of the molecule is CC12COC(c3cc(Oc4ccccc4)cc(-c4cc(C56OCC(C)(CO5)CO6)cc5cc6ccccc6cc45)c3)(OC1)OC2. The van der Waals surface area contributed by atoms with Crippen molar-refractivity contribution < 1.29 is 33.2 Å². The van der Waals surface area contributed by atoms with Gasteiger partial charge in [-0.15, -0.1) is 0 Å². The number of para-hydroxylation sites is 1. The number of fused-ring (bicyclic) bond motifs is 8. The van der Waals surface area contributed by atoms with Crippen LogP contribution in [0.25, 0.3) is 32.7 Å². The summed E-state index contributed by atoms with van der Waals surface area (Å²) in [6.45, 7) is 7.57. The van der Waals surface area contributed by atoms with Gasteiger partial charge in [0.05, 0.1) is 39.6 Å². The Labute approximate surface area is 261 Å². The van der Waals surface area contributed by atoms with Crippen LogP contribution >= 0.6 is 0 Å². The monoisotopic (exact) mass is 602 g/mol. The molecule has 0 spiro atoms. The van der Waals surface area contributed by atoms with E-state index in [0.29, 0.717) is 45.4 Å². The molecule has 0 atom stereocenters. The Balaban J connectivity index is 1.26. The van der Waals surface area contributed by atoms with Gasteiger partial charge in [0.2, 0.25) is 0 Å². The van der Waals surface area contributed by atoms with Crippen LogP contribution in [0.1, 0.15) is 25.0 Å². The molecule has 5 aromatic rings. The summed E-state index contributed by atoms with van der Waals surface area (Å²) < 4.78 is 44.3. The molecular weight excluding hydrogens is 568 g/mol. The third kappa shape index (κ3) is 4.57. The summed E-state index contributed by atoms with van der Waals surface area (Å²) in [5.41, 5.74) is 3.13. The Morgan fingerprint density at radius 1 is 0.489 bits per heavy atom. The zero-order chi connectivity index (χ0) is 30.3. The highest BCUT2D eigenvalue weighted by atomic mass is 16.9. The zero-order valence-corrected chi connectivity index (χ0v) is 25.3. The first-order chi connectivity index (χ1) is 21.8. The van der Waals surface area contributed by atoms with Crippen LogP contribution in [-0.2, 0) is 40.4 Å². The van der Waals surface area contributed by atoms with Crippen molar-refractivity contribution in [1.29, 1.82) is 0 Å². The van der Waals surface area contributed by atoms with Crippen LogP contribution < -0.4 is 4.74 Å². The lowest BCUT2D eigenvalue weighted by molar-refractivity contribution is -0.477. The van der Waals surface area contributed by atoms with E-state index in [4.69, 9.17) is 33.2 Å². The molecule has 5 aromatic carbocycles. The van der Waals surface area contributed by atoms with Crippen molar-refractivity contribution in [2.75, 3.05) is 39.6 Å². The molecule has 4 bridgehead atoms. The van der Waals surface area contributed by atoms with Crippen molar-refractivity contribution in [3.05, 3.63) is 108 Å². The van der Waals surface area contributed by atoms with Gasteiger partial charge in [-0.1, -0.05) is 56.3 Å². The minimum absolute atomic E-state index is 0.148. The number of benzene rings is 5. The van der Waals surface area contributed by atoms with Crippen molar-refractivity contribution in [1.82, 2.24) is 0 Å². The predicted octanol–water partition coefficient (Wildman–Crippen LogP) is 7.84. The Bertz CT molecular complexity index is 1900. The molecule has 6 heterocycles. The van der Waals surface area contributed by atoms with Gasteiger partial charge in [-0.3, -0.25) is 0 Å². The largest absolute Gasteiger partial charge is 0.457 e. The van der Waals surface area contributed by atoms with Crippen molar-refractivity contribution in [3.8, 4) is 22.6 Å². The van der Waals surface area contributed by atoms with Crippen molar-refractivity contribution >= 4 is 21.5 Å². The highest BCUT2D eigenvalue weighted by Crippen LogP contribution is 2.49. The molecule has 0 aromatic heterocycles. The normalized spacial score (nSPS) is 30.6. The number of rotatable bonds is 5. The van der Waals surface area contributed by atoms with E-state index in [9.17, 15) is 0 Å². The Morgan fingerprint density at radius 2 is 1.02 bits per heavy atom. The quantitative estimate of drug-likeness (QED) is 0.190. The fourth-order valence-electron chi connectivity index (χ4n) is 6.70. The van der Waals surface area contributed by atoms with Crippen LogP contribution in [0.15, 0.2) is 97.1 Å². The molecule has 0 radical (unpaired) electrons. The summed E-state index contributed by atoms with van der Waals surface area (Å²) in [5.74, 6) is -1.20. The molecule has 6 aliphatic heterocycles. The van der Waals surface area contributed by atoms with Gasteiger partial charge in [-0.25, -0.2) is 0 Å². The number of hydrogen-bond donors (Lipinski definition) is 0. The molecule has 0 unspecified atom stereocenters. The van der Waals surface area contributed by atoms with Crippen molar-refractivity contribution in [3.63, 3.8) is 0 Å². The van der Waals surface area contributed by atoms with E-state index in [0.717, 1.165) is 49.5 Å². The summed E-state index contributed by atoms with van der Waals surface area (Å²) >= 11 is 0. The molecule has 6 saturated heterocycles. The van der Waals surface area contributed by atoms with Crippen molar-refractivity contribution in [2.24, 2.45) is 10.8 Å². The highest BCUT2D eigenvalue weighted by Gasteiger charge is 2.53. The Kier molecular flexibility index (Phi) is 6.01. The minimum Gasteiger partial charge on any atom is -0.457 e. The summed E-state index contributed by atoms with van der Waals surface area (Å²) in [5, 5.41) is 4.43. The summed E-state index contributed by atoms with van der Waals surface area (Å²) in [7, 11) is 0. The van der Waals surface area contributed by atoms with Crippen LogP contribution in [0.2, 0.25) is 0 Å². The minimum atomic E-state index is -1.31. The van der Waals surface area contributed by atoms with E-state index in [1.165, 1.54) is 0 Å². The maximum absolute atomic E-state index is 6.44. The fourth-order valence-corrected chi connectivity index (χ4v) is 6.70. The van der Waals surface area contributed by atoms with Gasteiger partial charge >= 0.3 is 11.9 Å². The topological polar surface area (TPSA) is 64.6 Å². The summed E-state index contributed by atoms with van der Waals surface area (Å²) in [6, 6.07) is 32.9. The van der Waals surface area contributed by atoms with E-state index in [2.05, 4.69) is 74.5 Å². The highest BCUT2D eigenvalue weighted by molar-refractivity contribution is 6.05. The van der Waals surface area contributed by atoms with Gasteiger partial charge in [0.25, 0.3) is 0 Å². The van der Waals surface area contributed by atoms with E-state index in [1.54, 1.807) is 0 Å². The lowest BCUT2D eigenvalue weighted by atomic mass is 9.88. The van der Waals surface area contributed by atoms with E-state index in [1.807, 2.05) is 36.4 Å². The van der Waals surface area contributed by atoms with Crippen LogP contribution in [0.4, 0.5) is 0 Å². The standard InChI is InChI=1S/C38H34O7/c1-35-19-39-37(40-20-35,41-21-35)29-14-28(15-32(17-29)45-31-10-4-3-5-11-31)34-18-30(38-42-22-36(2,23-43-38)24-44-38)13-27-12-25-8-6-7-9-26(25)16-33(27)34/h3-18H,19-24H2,1-2H3. The van der Waals surface area contributed by atoms with Crippen molar-refractivity contribution in [2.45, 2.75) is 25.8 Å². The van der Waals surface area contributed by atoms with Gasteiger partial charge < -0.3 is 33.2 Å². The van der Waals surface area contributed by atoms with Gasteiger partial charge in [0, 0.05) is 22.0 Å². The zero-order valence-electron chi connectivity index (χ0n) is 25.3. The third-order valence-corrected chi connectivity index (χ3v) is 9.39. The van der Waals surface area contributed by atoms with E-state index >= 15 is 0 Å². The molecule has 7 heteroatoms. The van der Waals surface area contributed by atoms with Gasteiger partial charge in [0.15, 0.2) is 0 Å².